The minimum Gasteiger partial charge on any atom is -0.337 e. The van der Waals surface area contributed by atoms with Crippen LogP contribution in [0.4, 0.5) is 0 Å². The molecule has 0 radical (unpaired) electrons. The summed E-state index contributed by atoms with van der Waals surface area (Å²) in [6, 6.07) is 9.60. The van der Waals surface area contributed by atoms with Crippen LogP contribution in [-0.2, 0) is 17.1 Å². The van der Waals surface area contributed by atoms with Gasteiger partial charge in [-0.1, -0.05) is 30.3 Å². The summed E-state index contributed by atoms with van der Waals surface area (Å²) in [6.45, 7) is 3.66. The number of hydrogen-bond donors (Lipinski definition) is 0. The van der Waals surface area contributed by atoms with Gasteiger partial charge >= 0.3 is 0 Å². The highest BCUT2D eigenvalue weighted by molar-refractivity contribution is 7.89. The molecule has 1 aliphatic heterocycles. The maximum absolute atomic E-state index is 13.1. The minimum atomic E-state index is -3.61. The van der Waals surface area contributed by atoms with Gasteiger partial charge in [0.05, 0.1) is 6.04 Å². The predicted molar refractivity (Wildman–Crippen MR) is 88.5 cm³/mol. The first kappa shape index (κ1) is 16.2. The third kappa shape index (κ3) is 3.04. The van der Waals surface area contributed by atoms with Gasteiger partial charge in [0.25, 0.3) is 10.0 Å². The lowest BCUT2D eigenvalue weighted by Crippen LogP contribution is -2.49. The molecule has 2 aromatic rings. The fraction of sp³-hybridized carbons (Fsp3) is 0.438. The molecule has 1 fully saturated rings. The van der Waals surface area contributed by atoms with E-state index in [1.54, 1.807) is 29.0 Å². The molecule has 1 unspecified atom stereocenters. The molecular weight excluding hydrogens is 312 g/mol. The van der Waals surface area contributed by atoms with Crippen LogP contribution in [0.25, 0.3) is 0 Å². The Balaban J connectivity index is 2.01. The quantitative estimate of drug-likeness (QED) is 0.851. The Morgan fingerprint density at radius 1 is 1.13 bits per heavy atom. The number of aryl methyl sites for hydroxylation is 2. The first-order valence-corrected chi connectivity index (χ1v) is 9.09. The number of likely N-dealkylation sites (N-methyl/N-ethyl adjacent to an activating group) is 1. The lowest BCUT2D eigenvalue weighted by Gasteiger charge is -2.38. The molecule has 1 aromatic carbocycles. The summed E-state index contributed by atoms with van der Waals surface area (Å²) in [5.41, 5.74) is 1.01. The minimum absolute atomic E-state index is 0.128. The van der Waals surface area contributed by atoms with Crippen molar-refractivity contribution in [2.45, 2.75) is 18.0 Å². The van der Waals surface area contributed by atoms with E-state index in [2.05, 4.69) is 9.88 Å². The number of sulfonamides is 1. The smallest absolute Gasteiger partial charge is 0.262 e. The SMILES string of the molecule is Cc1nc(S(=O)(=O)N2CCN(C)CC2c2ccccc2)cn1C. The van der Waals surface area contributed by atoms with Crippen LogP contribution in [-0.4, -0.2) is 53.9 Å². The van der Waals surface area contributed by atoms with Crippen molar-refractivity contribution in [1.29, 1.82) is 0 Å². The Labute approximate surface area is 137 Å². The Hall–Kier alpha value is -1.70. The average molecular weight is 334 g/mol. The van der Waals surface area contributed by atoms with Crippen LogP contribution in [0.15, 0.2) is 41.6 Å². The zero-order valence-electron chi connectivity index (χ0n) is 13.7. The predicted octanol–water partition coefficient (Wildman–Crippen LogP) is 1.41. The second kappa shape index (κ2) is 6.07. The number of hydrogen-bond acceptors (Lipinski definition) is 4. The largest absolute Gasteiger partial charge is 0.337 e. The molecule has 0 aliphatic carbocycles. The summed E-state index contributed by atoms with van der Waals surface area (Å²) in [5.74, 6) is 0.689. The lowest BCUT2D eigenvalue weighted by molar-refractivity contribution is 0.160. The summed E-state index contributed by atoms with van der Waals surface area (Å²) in [6.07, 6.45) is 1.59. The second-order valence-electron chi connectivity index (χ2n) is 6.04. The van der Waals surface area contributed by atoms with Crippen molar-refractivity contribution in [3.05, 3.63) is 47.9 Å². The first-order chi connectivity index (χ1) is 10.9. The van der Waals surface area contributed by atoms with Gasteiger partial charge in [-0.25, -0.2) is 13.4 Å². The molecule has 0 spiro atoms. The van der Waals surface area contributed by atoms with Crippen LogP contribution < -0.4 is 0 Å². The first-order valence-electron chi connectivity index (χ1n) is 7.65. The van der Waals surface area contributed by atoms with Gasteiger partial charge in [-0.05, 0) is 19.5 Å². The monoisotopic (exact) mass is 334 g/mol. The van der Waals surface area contributed by atoms with Gasteiger partial charge in [0, 0.05) is 32.9 Å². The summed E-state index contributed by atoms with van der Waals surface area (Å²) in [4.78, 5) is 6.38. The van der Waals surface area contributed by atoms with E-state index in [1.165, 1.54) is 0 Å². The third-order valence-corrected chi connectivity index (χ3v) is 6.16. The van der Waals surface area contributed by atoms with Crippen LogP contribution in [0, 0.1) is 6.92 Å². The molecule has 0 bridgehead atoms. The number of rotatable bonds is 3. The van der Waals surface area contributed by atoms with E-state index in [9.17, 15) is 8.42 Å². The van der Waals surface area contributed by atoms with Crippen molar-refractivity contribution in [2.75, 3.05) is 26.7 Å². The van der Waals surface area contributed by atoms with Crippen molar-refractivity contribution in [3.8, 4) is 0 Å². The highest BCUT2D eigenvalue weighted by atomic mass is 32.2. The van der Waals surface area contributed by atoms with Crippen molar-refractivity contribution in [3.63, 3.8) is 0 Å². The van der Waals surface area contributed by atoms with Crippen LogP contribution in [0.5, 0.6) is 0 Å². The van der Waals surface area contributed by atoms with Gasteiger partial charge in [0.15, 0.2) is 5.03 Å². The number of benzene rings is 1. The average Bonchev–Trinajstić information content (AvgIpc) is 2.88. The van der Waals surface area contributed by atoms with E-state index in [-0.39, 0.29) is 11.1 Å². The van der Waals surface area contributed by atoms with Crippen molar-refractivity contribution >= 4 is 10.0 Å². The maximum Gasteiger partial charge on any atom is 0.262 e. The molecule has 2 heterocycles. The fourth-order valence-electron chi connectivity index (χ4n) is 2.91. The molecule has 1 aliphatic rings. The van der Waals surface area contributed by atoms with Gasteiger partial charge < -0.3 is 9.47 Å². The molecule has 3 rings (SSSR count). The molecule has 0 saturated carbocycles. The topological polar surface area (TPSA) is 58.4 Å². The highest BCUT2D eigenvalue weighted by Gasteiger charge is 2.37. The summed E-state index contributed by atoms with van der Waals surface area (Å²) < 4.78 is 29.5. The van der Waals surface area contributed by atoms with Crippen molar-refractivity contribution in [1.82, 2.24) is 18.8 Å². The molecule has 1 aromatic heterocycles. The number of piperazine rings is 1. The van der Waals surface area contributed by atoms with Gasteiger partial charge in [0.1, 0.15) is 5.82 Å². The van der Waals surface area contributed by atoms with Crippen LogP contribution in [0.1, 0.15) is 17.4 Å². The van der Waals surface area contributed by atoms with Gasteiger partial charge in [-0.2, -0.15) is 4.31 Å². The normalized spacial score (nSPS) is 20.7. The van der Waals surface area contributed by atoms with E-state index >= 15 is 0 Å². The lowest BCUT2D eigenvalue weighted by atomic mass is 10.1. The van der Waals surface area contributed by atoms with Gasteiger partial charge in [0.2, 0.25) is 0 Å². The zero-order valence-corrected chi connectivity index (χ0v) is 14.5. The number of nitrogens with zero attached hydrogens (tertiary/aromatic N) is 4. The Kier molecular flexibility index (Phi) is 4.27. The van der Waals surface area contributed by atoms with Gasteiger partial charge in [-0.3, -0.25) is 0 Å². The highest BCUT2D eigenvalue weighted by Crippen LogP contribution is 2.30. The van der Waals surface area contributed by atoms with E-state index in [0.717, 1.165) is 5.56 Å². The van der Waals surface area contributed by atoms with Gasteiger partial charge in [-0.15, -0.1) is 0 Å². The molecule has 124 valence electrons. The molecule has 1 atom stereocenters. The standard InChI is InChI=1S/C16H22N4O2S/c1-13-17-16(12-19(13)3)23(21,22)20-10-9-18(2)11-15(20)14-7-5-4-6-8-14/h4-8,12,15H,9-11H2,1-3H3. The van der Waals surface area contributed by atoms with Crippen molar-refractivity contribution in [2.24, 2.45) is 7.05 Å². The van der Waals surface area contributed by atoms with E-state index in [4.69, 9.17) is 0 Å². The molecule has 23 heavy (non-hydrogen) atoms. The van der Waals surface area contributed by atoms with E-state index in [0.29, 0.717) is 25.5 Å². The molecule has 6 nitrogen and oxygen atoms in total. The van der Waals surface area contributed by atoms with E-state index < -0.39 is 10.0 Å². The number of imidazole rings is 1. The van der Waals surface area contributed by atoms with Crippen LogP contribution in [0.3, 0.4) is 0 Å². The third-order valence-electron chi connectivity index (χ3n) is 4.38. The van der Waals surface area contributed by atoms with Crippen LogP contribution in [0.2, 0.25) is 0 Å². The van der Waals surface area contributed by atoms with Crippen molar-refractivity contribution < 1.29 is 8.42 Å². The molecule has 1 saturated heterocycles. The van der Waals surface area contributed by atoms with Crippen LogP contribution >= 0.6 is 0 Å². The summed E-state index contributed by atoms with van der Waals surface area (Å²) in [7, 11) is 0.215. The zero-order chi connectivity index (χ0) is 16.6. The number of aromatic nitrogens is 2. The molecular formula is C16H22N4O2S. The molecule has 0 N–H and O–H groups in total. The van der Waals surface area contributed by atoms with E-state index in [1.807, 2.05) is 37.4 Å². The summed E-state index contributed by atoms with van der Waals surface area (Å²) >= 11 is 0. The second-order valence-corrected chi connectivity index (χ2v) is 7.88. The maximum atomic E-state index is 13.1. The Morgan fingerprint density at radius 3 is 2.43 bits per heavy atom. The molecule has 0 amide bonds. The fourth-order valence-corrected chi connectivity index (χ4v) is 4.53. The Morgan fingerprint density at radius 2 is 1.83 bits per heavy atom. The molecule has 7 heteroatoms. The Bertz CT molecular complexity index is 766. The summed E-state index contributed by atoms with van der Waals surface area (Å²) in [5, 5.41) is 0.128.